The van der Waals surface area contributed by atoms with Gasteiger partial charge in [-0.1, -0.05) is 0 Å². The minimum atomic E-state index is 0.242. The van der Waals surface area contributed by atoms with E-state index in [9.17, 15) is 0 Å². The van der Waals surface area contributed by atoms with E-state index >= 15 is 0 Å². The van der Waals surface area contributed by atoms with E-state index in [1.165, 1.54) is 0 Å². The van der Waals surface area contributed by atoms with E-state index in [4.69, 9.17) is 5.11 Å². The summed E-state index contributed by atoms with van der Waals surface area (Å²) in [6.45, 7) is 2.00. The number of hydrogen-bond acceptors (Lipinski definition) is 5. The molecule has 0 spiro atoms. The van der Waals surface area contributed by atoms with Crippen LogP contribution in [0.2, 0.25) is 0 Å². The molecule has 1 saturated heterocycles. The summed E-state index contributed by atoms with van der Waals surface area (Å²) in [6.07, 6.45) is 8.20. The Morgan fingerprint density at radius 3 is 2.53 bits per heavy atom. The maximum Gasteiger partial charge on any atom is 0.225 e. The molecule has 0 amide bonds. The maximum absolute atomic E-state index is 9.15. The molecule has 0 aliphatic carbocycles. The van der Waals surface area contributed by atoms with Gasteiger partial charge in [-0.3, -0.25) is 4.98 Å². The summed E-state index contributed by atoms with van der Waals surface area (Å²) in [4.78, 5) is 15.0. The zero-order valence-corrected chi connectivity index (χ0v) is 10.6. The van der Waals surface area contributed by atoms with Crippen LogP contribution < -0.4 is 4.90 Å². The van der Waals surface area contributed by atoms with Crippen molar-refractivity contribution in [2.75, 3.05) is 24.6 Å². The van der Waals surface area contributed by atoms with E-state index in [0.717, 1.165) is 36.6 Å². The fourth-order valence-electron chi connectivity index (χ4n) is 2.34. The van der Waals surface area contributed by atoms with Crippen molar-refractivity contribution in [3.63, 3.8) is 0 Å². The van der Waals surface area contributed by atoms with Gasteiger partial charge in [-0.25, -0.2) is 9.97 Å². The third kappa shape index (κ3) is 2.56. The zero-order chi connectivity index (χ0) is 13.1. The summed E-state index contributed by atoms with van der Waals surface area (Å²) >= 11 is 0. The molecule has 0 bridgehead atoms. The van der Waals surface area contributed by atoms with Gasteiger partial charge in [-0.2, -0.15) is 0 Å². The van der Waals surface area contributed by atoms with Crippen molar-refractivity contribution >= 4 is 5.95 Å². The smallest absolute Gasteiger partial charge is 0.225 e. The van der Waals surface area contributed by atoms with Crippen LogP contribution in [0, 0.1) is 5.92 Å². The Balaban J connectivity index is 1.76. The van der Waals surface area contributed by atoms with Crippen molar-refractivity contribution in [3.05, 3.63) is 36.9 Å². The molecule has 2 aromatic rings. The van der Waals surface area contributed by atoms with Crippen molar-refractivity contribution in [2.45, 2.75) is 6.42 Å². The molecule has 1 N–H and O–H groups in total. The molecule has 0 radical (unpaired) electrons. The highest BCUT2D eigenvalue weighted by Crippen LogP contribution is 2.22. The van der Waals surface area contributed by atoms with Crippen LogP contribution >= 0.6 is 0 Å². The number of aromatic nitrogens is 3. The number of aliphatic hydroxyl groups excluding tert-OH is 1. The molecule has 98 valence electrons. The summed E-state index contributed by atoms with van der Waals surface area (Å²) in [5, 5.41) is 9.15. The topological polar surface area (TPSA) is 62.1 Å². The van der Waals surface area contributed by atoms with Gasteiger partial charge in [-0.05, 0) is 24.1 Å². The van der Waals surface area contributed by atoms with Gasteiger partial charge in [0.15, 0.2) is 0 Å². The summed E-state index contributed by atoms with van der Waals surface area (Å²) in [5.41, 5.74) is 2.06. The summed E-state index contributed by atoms with van der Waals surface area (Å²) in [5.74, 6) is 1.09. The third-order valence-corrected chi connectivity index (χ3v) is 3.48. The molecule has 5 heteroatoms. The molecule has 0 saturated carbocycles. The molecule has 0 aromatic carbocycles. The van der Waals surface area contributed by atoms with E-state index in [-0.39, 0.29) is 6.61 Å². The number of hydrogen-bond donors (Lipinski definition) is 1. The molecule has 5 nitrogen and oxygen atoms in total. The maximum atomic E-state index is 9.15. The second kappa shape index (κ2) is 5.32. The van der Waals surface area contributed by atoms with E-state index in [1.54, 1.807) is 12.4 Å². The predicted octanol–water partition coefficient (Wildman–Crippen LogP) is 1.36. The Kier molecular flexibility index (Phi) is 3.37. The van der Waals surface area contributed by atoms with Gasteiger partial charge >= 0.3 is 0 Å². The first-order valence-electron chi connectivity index (χ1n) is 6.45. The first-order valence-corrected chi connectivity index (χ1v) is 6.45. The van der Waals surface area contributed by atoms with Crippen molar-refractivity contribution in [3.8, 4) is 11.1 Å². The predicted molar refractivity (Wildman–Crippen MR) is 72.7 cm³/mol. The Morgan fingerprint density at radius 1 is 1.16 bits per heavy atom. The first kappa shape index (κ1) is 12.0. The normalized spacial score (nSPS) is 18.8. The van der Waals surface area contributed by atoms with Crippen LogP contribution in [0.5, 0.6) is 0 Å². The number of rotatable bonds is 3. The lowest BCUT2D eigenvalue weighted by molar-refractivity contribution is 0.238. The first-order chi connectivity index (χ1) is 9.36. The molecule has 1 fully saturated rings. The van der Waals surface area contributed by atoms with E-state index in [0.29, 0.717) is 5.92 Å². The molecule has 1 aliphatic heterocycles. The average molecular weight is 256 g/mol. The third-order valence-electron chi connectivity index (χ3n) is 3.48. The summed E-state index contributed by atoms with van der Waals surface area (Å²) in [6, 6.07) is 3.88. The SMILES string of the molecule is OCC1CCN(c2ncc(-c3ccncc3)cn2)C1. The van der Waals surface area contributed by atoms with Crippen LogP contribution in [0.3, 0.4) is 0 Å². The highest BCUT2D eigenvalue weighted by molar-refractivity contribution is 5.61. The van der Waals surface area contributed by atoms with Crippen molar-refractivity contribution in [1.82, 2.24) is 15.0 Å². The van der Waals surface area contributed by atoms with Gasteiger partial charge < -0.3 is 10.0 Å². The van der Waals surface area contributed by atoms with Gasteiger partial charge in [0.1, 0.15) is 0 Å². The molecule has 2 aromatic heterocycles. The highest BCUT2D eigenvalue weighted by Gasteiger charge is 2.23. The highest BCUT2D eigenvalue weighted by atomic mass is 16.3. The summed E-state index contributed by atoms with van der Waals surface area (Å²) in [7, 11) is 0. The number of anilines is 1. The van der Waals surface area contributed by atoms with Gasteiger partial charge in [0.05, 0.1) is 0 Å². The van der Waals surface area contributed by atoms with Gasteiger partial charge in [0.2, 0.25) is 5.95 Å². The molecule has 1 aliphatic rings. The monoisotopic (exact) mass is 256 g/mol. The molecule has 1 atom stereocenters. The van der Waals surface area contributed by atoms with E-state index in [1.807, 2.05) is 24.5 Å². The summed E-state index contributed by atoms with van der Waals surface area (Å²) < 4.78 is 0. The molecular weight excluding hydrogens is 240 g/mol. The van der Waals surface area contributed by atoms with Gasteiger partial charge in [0, 0.05) is 56.0 Å². The molecular formula is C14H16N4O. The second-order valence-electron chi connectivity index (χ2n) is 4.79. The Hall–Kier alpha value is -2.01. The van der Waals surface area contributed by atoms with Crippen LogP contribution in [-0.4, -0.2) is 39.8 Å². The fourth-order valence-corrected chi connectivity index (χ4v) is 2.34. The van der Waals surface area contributed by atoms with Crippen molar-refractivity contribution in [2.24, 2.45) is 5.92 Å². The van der Waals surface area contributed by atoms with Crippen LogP contribution in [0.25, 0.3) is 11.1 Å². The second-order valence-corrected chi connectivity index (χ2v) is 4.79. The molecule has 19 heavy (non-hydrogen) atoms. The van der Waals surface area contributed by atoms with Crippen LogP contribution in [0.4, 0.5) is 5.95 Å². The standard InChI is InChI=1S/C14H16N4O/c19-10-11-3-6-18(9-11)14-16-7-13(8-17-14)12-1-4-15-5-2-12/h1-2,4-5,7-8,11,19H,3,6,9-10H2. The zero-order valence-electron chi connectivity index (χ0n) is 10.6. The van der Waals surface area contributed by atoms with Gasteiger partial charge in [0.25, 0.3) is 0 Å². The number of aliphatic hydroxyl groups is 1. The quantitative estimate of drug-likeness (QED) is 0.898. The molecule has 1 unspecified atom stereocenters. The largest absolute Gasteiger partial charge is 0.396 e. The lowest BCUT2D eigenvalue weighted by Crippen LogP contribution is -2.22. The fraction of sp³-hybridized carbons (Fsp3) is 0.357. The lowest BCUT2D eigenvalue weighted by Gasteiger charge is -2.15. The Labute approximate surface area is 112 Å². The Morgan fingerprint density at radius 2 is 1.89 bits per heavy atom. The van der Waals surface area contributed by atoms with Crippen molar-refractivity contribution in [1.29, 1.82) is 0 Å². The molecule has 3 heterocycles. The average Bonchev–Trinajstić information content (AvgIpc) is 2.97. The van der Waals surface area contributed by atoms with Crippen molar-refractivity contribution < 1.29 is 5.11 Å². The minimum Gasteiger partial charge on any atom is -0.396 e. The minimum absolute atomic E-state index is 0.242. The van der Waals surface area contributed by atoms with Crippen LogP contribution in [-0.2, 0) is 0 Å². The van der Waals surface area contributed by atoms with E-state index in [2.05, 4.69) is 19.9 Å². The lowest BCUT2D eigenvalue weighted by atomic mass is 10.1. The van der Waals surface area contributed by atoms with Crippen LogP contribution in [0.1, 0.15) is 6.42 Å². The Bertz CT molecular complexity index is 529. The molecule has 3 rings (SSSR count). The van der Waals surface area contributed by atoms with Gasteiger partial charge in [-0.15, -0.1) is 0 Å². The number of pyridine rings is 1. The van der Waals surface area contributed by atoms with Crippen LogP contribution in [0.15, 0.2) is 36.9 Å². The number of nitrogens with zero attached hydrogens (tertiary/aromatic N) is 4. The van der Waals surface area contributed by atoms with E-state index < -0.39 is 0 Å².